The van der Waals surface area contributed by atoms with Crippen LogP contribution in [0, 0.1) is 10.7 Å². The normalized spacial score (nSPS) is 18.8. The van der Waals surface area contributed by atoms with Gasteiger partial charge in [-0.25, -0.2) is 0 Å². The molecular weight excluding hydrogens is 298 g/mol. The summed E-state index contributed by atoms with van der Waals surface area (Å²) in [5, 5.41) is 1.14. The van der Waals surface area contributed by atoms with Crippen molar-refractivity contribution in [1.82, 2.24) is 9.88 Å². The number of likely N-dealkylation sites (tertiary alicyclic amines) is 1. The van der Waals surface area contributed by atoms with E-state index in [0.717, 1.165) is 36.3 Å². The van der Waals surface area contributed by atoms with E-state index in [2.05, 4.69) is 22.0 Å². The number of aromatic nitrogens is 1. The Morgan fingerprint density at radius 1 is 1.41 bits per heavy atom. The van der Waals surface area contributed by atoms with E-state index in [1.807, 2.05) is 18.3 Å². The fourth-order valence-corrected chi connectivity index (χ4v) is 4.16. The van der Waals surface area contributed by atoms with Gasteiger partial charge in [-0.3, -0.25) is 18.9 Å². The van der Waals surface area contributed by atoms with E-state index in [1.165, 1.54) is 11.8 Å². The topological polar surface area (TPSA) is 66.3 Å². The maximum Gasteiger partial charge on any atom is 0.121 e. The summed E-state index contributed by atoms with van der Waals surface area (Å²) < 4.78 is 24.3. The van der Waals surface area contributed by atoms with E-state index >= 15 is 0 Å². The molecule has 1 aromatic carbocycles. The number of ether oxygens (including phenoxy) is 1. The number of methoxy groups -OCH3 is 1. The highest BCUT2D eigenvalue weighted by atomic mass is 32.2. The van der Waals surface area contributed by atoms with Crippen molar-refractivity contribution in [1.29, 1.82) is 4.78 Å². The van der Waals surface area contributed by atoms with Gasteiger partial charge >= 0.3 is 0 Å². The molecule has 1 unspecified atom stereocenters. The van der Waals surface area contributed by atoms with Gasteiger partial charge in [-0.1, -0.05) is 0 Å². The van der Waals surface area contributed by atoms with Gasteiger partial charge in [0.15, 0.2) is 0 Å². The fourth-order valence-electron chi connectivity index (χ4n) is 3.05. The smallest absolute Gasteiger partial charge is 0.121 e. The molecule has 0 saturated carbocycles. The van der Waals surface area contributed by atoms with Crippen molar-refractivity contribution in [3.05, 3.63) is 36.0 Å². The third-order valence-corrected chi connectivity index (χ3v) is 5.13. The Hall–Kier alpha value is -1.66. The number of rotatable bonds is 5. The Bertz CT molecular complexity index is 783. The van der Waals surface area contributed by atoms with E-state index in [4.69, 9.17) is 9.52 Å². The average Bonchev–Trinajstić information content (AvgIpc) is 2.43. The highest BCUT2D eigenvalue weighted by Gasteiger charge is 2.28. The Morgan fingerprint density at radius 2 is 2.18 bits per heavy atom. The number of hydrogen-bond acceptors (Lipinski definition) is 5. The van der Waals surface area contributed by atoms with Gasteiger partial charge in [-0.05, 0) is 29.7 Å². The molecule has 1 N–H and O–H groups in total. The first kappa shape index (κ1) is 15.2. The van der Waals surface area contributed by atoms with Gasteiger partial charge in [-0.2, -0.15) is 0 Å². The molecule has 1 fully saturated rings. The van der Waals surface area contributed by atoms with Crippen molar-refractivity contribution < 1.29 is 8.95 Å². The number of fused-ring (bicyclic) bond motifs is 1. The molecule has 0 amide bonds. The van der Waals surface area contributed by atoms with Crippen molar-refractivity contribution in [2.75, 3.05) is 32.2 Å². The molecule has 1 saturated heterocycles. The van der Waals surface area contributed by atoms with Crippen LogP contribution in [0.2, 0.25) is 0 Å². The van der Waals surface area contributed by atoms with Crippen molar-refractivity contribution in [2.24, 2.45) is 5.92 Å². The van der Waals surface area contributed by atoms with E-state index in [-0.39, 0.29) is 0 Å². The Morgan fingerprint density at radius 3 is 2.86 bits per heavy atom. The predicted molar refractivity (Wildman–Crippen MR) is 88.7 cm³/mol. The van der Waals surface area contributed by atoms with Crippen molar-refractivity contribution in [2.45, 2.75) is 6.54 Å². The van der Waals surface area contributed by atoms with Crippen LogP contribution in [-0.2, 0) is 16.3 Å². The first-order valence-electron chi connectivity index (χ1n) is 7.30. The third kappa shape index (κ3) is 3.39. The van der Waals surface area contributed by atoms with Crippen LogP contribution in [0.3, 0.4) is 0 Å². The highest BCUT2D eigenvalue weighted by molar-refractivity contribution is 7.91. The molecule has 0 bridgehead atoms. The number of pyridine rings is 1. The van der Waals surface area contributed by atoms with Crippen LogP contribution in [0.5, 0.6) is 5.75 Å². The first-order valence-corrected chi connectivity index (χ1v) is 9.43. The van der Waals surface area contributed by atoms with E-state index < -0.39 is 9.73 Å². The molecule has 2 aromatic rings. The molecule has 1 aliphatic rings. The van der Waals surface area contributed by atoms with Crippen LogP contribution in [0.25, 0.3) is 10.9 Å². The molecule has 1 aliphatic heterocycles. The Kier molecular flexibility index (Phi) is 4.06. The van der Waals surface area contributed by atoms with Crippen molar-refractivity contribution >= 4 is 20.6 Å². The fraction of sp³-hybridized carbons (Fsp3) is 0.438. The quantitative estimate of drug-likeness (QED) is 0.918. The molecule has 1 aromatic heterocycles. The minimum absolute atomic E-state index is 0.392. The lowest BCUT2D eigenvalue weighted by atomic mass is 10.0. The van der Waals surface area contributed by atoms with Crippen LogP contribution < -0.4 is 4.74 Å². The van der Waals surface area contributed by atoms with Gasteiger partial charge in [-0.15, -0.1) is 0 Å². The van der Waals surface area contributed by atoms with Gasteiger partial charge in [0.05, 0.1) is 12.6 Å². The van der Waals surface area contributed by atoms with Crippen molar-refractivity contribution in [3.8, 4) is 5.75 Å². The Balaban J connectivity index is 1.70. The zero-order chi connectivity index (χ0) is 15.7. The maximum absolute atomic E-state index is 11.5. The standard InChI is InChI=1S/C16H21N3O2S/c1-21-14-3-4-15-13(5-6-18-16(15)7-14)10-19-8-12(9-19)11-22(2,17)20/h3-7,12,17H,8-11H2,1-2H3. The second kappa shape index (κ2) is 5.85. The van der Waals surface area contributed by atoms with Crippen LogP contribution in [-0.4, -0.2) is 46.3 Å². The lowest BCUT2D eigenvalue weighted by molar-refractivity contribution is 0.107. The van der Waals surface area contributed by atoms with Crippen LogP contribution in [0.4, 0.5) is 0 Å². The predicted octanol–water partition coefficient (Wildman–Crippen LogP) is 2.35. The summed E-state index contributed by atoms with van der Waals surface area (Å²) in [6.07, 6.45) is 3.36. The Labute approximate surface area is 131 Å². The largest absolute Gasteiger partial charge is 0.497 e. The average molecular weight is 319 g/mol. The first-order chi connectivity index (χ1) is 10.4. The summed E-state index contributed by atoms with van der Waals surface area (Å²) in [6.45, 7) is 2.71. The molecule has 3 rings (SSSR count). The number of benzene rings is 1. The second-order valence-electron chi connectivity index (χ2n) is 6.08. The molecule has 118 valence electrons. The lowest BCUT2D eigenvalue weighted by Gasteiger charge is -2.39. The van der Waals surface area contributed by atoms with Crippen LogP contribution in [0.1, 0.15) is 5.56 Å². The van der Waals surface area contributed by atoms with E-state index in [1.54, 1.807) is 7.11 Å². The zero-order valence-electron chi connectivity index (χ0n) is 12.9. The van der Waals surface area contributed by atoms with Gasteiger partial charge in [0.1, 0.15) is 5.75 Å². The van der Waals surface area contributed by atoms with Gasteiger partial charge < -0.3 is 4.74 Å². The molecule has 0 aliphatic carbocycles. The minimum atomic E-state index is -2.37. The molecular formula is C16H21N3O2S. The monoisotopic (exact) mass is 319 g/mol. The summed E-state index contributed by atoms with van der Waals surface area (Å²) in [4.78, 5) is 6.73. The minimum Gasteiger partial charge on any atom is -0.497 e. The molecule has 1 atom stereocenters. The third-order valence-electron chi connectivity index (χ3n) is 4.02. The summed E-state index contributed by atoms with van der Waals surface area (Å²) in [5.74, 6) is 1.72. The van der Waals surface area contributed by atoms with E-state index in [9.17, 15) is 4.21 Å². The summed E-state index contributed by atoms with van der Waals surface area (Å²) in [7, 11) is -0.717. The number of nitrogens with zero attached hydrogens (tertiary/aromatic N) is 2. The molecule has 5 nitrogen and oxygen atoms in total. The highest BCUT2D eigenvalue weighted by Crippen LogP contribution is 2.26. The molecule has 0 radical (unpaired) electrons. The lowest BCUT2D eigenvalue weighted by Crippen LogP contribution is -2.48. The summed E-state index contributed by atoms with van der Waals surface area (Å²) >= 11 is 0. The van der Waals surface area contributed by atoms with Gasteiger partial charge in [0.25, 0.3) is 0 Å². The van der Waals surface area contributed by atoms with E-state index in [0.29, 0.717) is 11.7 Å². The SMILES string of the molecule is COc1ccc2c(CN3CC(CS(C)(=N)=O)C3)ccnc2c1. The van der Waals surface area contributed by atoms with Crippen LogP contribution >= 0.6 is 0 Å². The molecule has 22 heavy (non-hydrogen) atoms. The van der Waals surface area contributed by atoms with Gasteiger partial charge in [0, 0.05) is 59.0 Å². The number of hydrogen-bond donors (Lipinski definition) is 1. The van der Waals surface area contributed by atoms with Crippen molar-refractivity contribution in [3.63, 3.8) is 0 Å². The molecule has 6 heteroatoms. The van der Waals surface area contributed by atoms with Gasteiger partial charge in [0.2, 0.25) is 0 Å². The maximum atomic E-state index is 11.5. The summed E-state index contributed by atoms with van der Waals surface area (Å²) in [5.41, 5.74) is 2.19. The number of nitrogens with one attached hydrogen (secondary N) is 1. The zero-order valence-corrected chi connectivity index (χ0v) is 13.7. The molecule has 2 heterocycles. The van der Waals surface area contributed by atoms with Crippen LogP contribution in [0.15, 0.2) is 30.5 Å². The molecule has 0 spiro atoms. The second-order valence-corrected chi connectivity index (χ2v) is 8.43. The summed E-state index contributed by atoms with van der Waals surface area (Å²) in [6, 6.07) is 8.01.